The van der Waals surface area contributed by atoms with Gasteiger partial charge in [-0.1, -0.05) is 65.3 Å². The fourth-order valence-corrected chi connectivity index (χ4v) is 7.72. The van der Waals surface area contributed by atoms with Gasteiger partial charge in [0.15, 0.2) is 5.71 Å². The summed E-state index contributed by atoms with van der Waals surface area (Å²) in [5, 5.41) is 2.73. The molecule has 3 heterocycles. The maximum atomic E-state index is 2.69. The lowest BCUT2D eigenvalue weighted by Crippen LogP contribution is -2.48. The summed E-state index contributed by atoms with van der Waals surface area (Å²) in [5.74, 6) is 0. The van der Waals surface area contributed by atoms with Crippen molar-refractivity contribution >= 4 is 33.9 Å². The van der Waals surface area contributed by atoms with Gasteiger partial charge in [-0.2, -0.15) is 4.58 Å². The van der Waals surface area contributed by atoms with Gasteiger partial charge in [0.2, 0.25) is 5.69 Å². The van der Waals surface area contributed by atoms with E-state index in [1.54, 1.807) is 11.1 Å². The van der Waals surface area contributed by atoms with Crippen molar-refractivity contribution < 1.29 is 4.58 Å². The molecule has 0 atom stereocenters. The third kappa shape index (κ3) is 4.21. The van der Waals surface area contributed by atoms with E-state index in [1.807, 2.05) is 0 Å². The van der Waals surface area contributed by atoms with Crippen molar-refractivity contribution in [2.75, 3.05) is 24.5 Å². The highest BCUT2D eigenvalue weighted by atomic mass is 15.2. The van der Waals surface area contributed by atoms with Crippen molar-refractivity contribution in [3.63, 3.8) is 0 Å². The Balaban J connectivity index is 1.45. The lowest BCUT2D eigenvalue weighted by molar-refractivity contribution is -0.438. The summed E-state index contributed by atoms with van der Waals surface area (Å²) in [6, 6.07) is 18.5. The van der Waals surface area contributed by atoms with Crippen molar-refractivity contribution in [3.05, 3.63) is 76.9 Å². The van der Waals surface area contributed by atoms with E-state index in [9.17, 15) is 0 Å². The first-order valence-corrected chi connectivity index (χ1v) is 14.8. The van der Waals surface area contributed by atoms with Gasteiger partial charge in [0, 0.05) is 42.9 Å². The number of rotatable bonds is 5. The van der Waals surface area contributed by atoms with Gasteiger partial charge in [0.1, 0.15) is 6.54 Å². The summed E-state index contributed by atoms with van der Waals surface area (Å²) >= 11 is 0. The summed E-state index contributed by atoms with van der Waals surface area (Å²) in [7, 11) is 0. The molecule has 3 aromatic carbocycles. The molecule has 0 saturated heterocycles. The molecule has 0 unspecified atom stereocenters. The molecule has 198 valence electrons. The molecular weight excluding hydrogens is 460 g/mol. The third-order valence-electron chi connectivity index (χ3n) is 9.11. The molecule has 0 aromatic heterocycles. The van der Waals surface area contributed by atoms with E-state index in [0.717, 1.165) is 32.5 Å². The molecule has 38 heavy (non-hydrogen) atoms. The lowest BCUT2D eigenvalue weighted by atomic mass is 9.73. The van der Waals surface area contributed by atoms with Crippen LogP contribution in [-0.4, -0.2) is 29.9 Å². The van der Waals surface area contributed by atoms with Crippen molar-refractivity contribution in [3.8, 4) is 0 Å². The van der Waals surface area contributed by atoms with E-state index in [0.29, 0.717) is 10.8 Å². The minimum absolute atomic E-state index is 0.0519. The highest BCUT2D eigenvalue weighted by molar-refractivity contribution is 6.09. The number of anilines is 1. The molecule has 0 saturated carbocycles. The lowest BCUT2D eigenvalue weighted by Gasteiger charge is -2.48. The van der Waals surface area contributed by atoms with Crippen molar-refractivity contribution in [1.82, 2.24) is 0 Å². The summed E-state index contributed by atoms with van der Waals surface area (Å²) < 4.78 is 2.61. The molecule has 6 rings (SSSR count). The number of allylic oxidation sites excluding steroid dienone is 1. The summed E-state index contributed by atoms with van der Waals surface area (Å²) in [6.07, 6.45) is 9.58. The first kappa shape index (κ1) is 25.4. The molecule has 2 nitrogen and oxygen atoms in total. The van der Waals surface area contributed by atoms with Crippen LogP contribution in [0.25, 0.3) is 16.8 Å². The second kappa shape index (κ2) is 8.83. The Bertz CT molecular complexity index is 1440. The normalized spacial score (nSPS) is 20.8. The Morgan fingerprint density at radius 1 is 0.842 bits per heavy atom. The molecule has 3 aromatic rings. The molecule has 0 N–H and O–H groups in total. The average Bonchev–Trinajstić information content (AvgIpc) is 3.05. The SMILES string of the molecule is CCCC[N+]1=C(C=Cc2cc3c4c(c2)CC(C)(C)CN4CC(C)(C)C3)C(C)(C)c2c1ccc1ccccc21. The van der Waals surface area contributed by atoms with Gasteiger partial charge in [-0.3, -0.25) is 0 Å². The Morgan fingerprint density at radius 2 is 1.50 bits per heavy atom. The maximum absolute atomic E-state index is 2.69. The first-order chi connectivity index (χ1) is 18.0. The van der Waals surface area contributed by atoms with E-state index in [2.05, 4.69) is 119 Å². The van der Waals surface area contributed by atoms with Gasteiger partial charge in [-0.05, 0) is 89.3 Å². The minimum Gasteiger partial charge on any atom is -0.370 e. The van der Waals surface area contributed by atoms with Crippen LogP contribution < -0.4 is 4.90 Å². The van der Waals surface area contributed by atoms with Gasteiger partial charge in [-0.25, -0.2) is 0 Å². The number of nitrogens with zero attached hydrogens (tertiary/aromatic N) is 2. The second-order valence-corrected chi connectivity index (χ2v) is 14.3. The van der Waals surface area contributed by atoms with E-state index < -0.39 is 0 Å². The van der Waals surface area contributed by atoms with E-state index >= 15 is 0 Å². The molecule has 0 spiro atoms. The van der Waals surface area contributed by atoms with Crippen LogP contribution in [0.2, 0.25) is 0 Å². The smallest absolute Gasteiger partial charge is 0.210 e. The topological polar surface area (TPSA) is 6.25 Å². The summed E-state index contributed by atoms with van der Waals surface area (Å²) in [5.41, 5.74) is 10.8. The minimum atomic E-state index is -0.0519. The predicted molar refractivity (Wildman–Crippen MR) is 164 cm³/mol. The fraction of sp³-hybridized carbons (Fsp3) is 0.472. The van der Waals surface area contributed by atoms with Crippen LogP contribution in [0.1, 0.15) is 83.6 Å². The summed E-state index contributed by atoms with van der Waals surface area (Å²) in [6.45, 7) is 20.3. The van der Waals surface area contributed by atoms with Crippen LogP contribution in [0.5, 0.6) is 0 Å². The fourth-order valence-electron chi connectivity index (χ4n) is 7.72. The van der Waals surface area contributed by atoms with Gasteiger partial charge >= 0.3 is 0 Å². The molecule has 0 radical (unpaired) electrons. The van der Waals surface area contributed by atoms with Gasteiger partial charge in [-0.15, -0.1) is 0 Å². The van der Waals surface area contributed by atoms with Gasteiger partial charge in [0.05, 0.1) is 5.41 Å². The third-order valence-corrected chi connectivity index (χ3v) is 9.11. The highest BCUT2D eigenvalue weighted by Gasteiger charge is 2.45. The van der Waals surface area contributed by atoms with Crippen molar-refractivity contribution in [2.24, 2.45) is 10.8 Å². The quantitative estimate of drug-likeness (QED) is 0.314. The summed E-state index contributed by atoms with van der Waals surface area (Å²) in [4.78, 5) is 2.69. The molecule has 0 fully saturated rings. The number of hydrogen-bond acceptors (Lipinski definition) is 1. The number of fused-ring (bicyclic) bond motifs is 3. The number of unbranched alkanes of at least 4 members (excludes halogenated alkanes) is 1. The maximum Gasteiger partial charge on any atom is 0.210 e. The van der Waals surface area contributed by atoms with Crippen LogP contribution in [0.15, 0.2) is 54.6 Å². The highest BCUT2D eigenvalue weighted by Crippen LogP contribution is 2.47. The predicted octanol–water partition coefficient (Wildman–Crippen LogP) is 8.70. The van der Waals surface area contributed by atoms with Crippen LogP contribution in [0, 0.1) is 10.8 Å². The zero-order chi connectivity index (χ0) is 26.9. The van der Waals surface area contributed by atoms with Gasteiger partial charge in [0.25, 0.3) is 0 Å². The van der Waals surface area contributed by atoms with E-state index in [4.69, 9.17) is 0 Å². The Kier molecular flexibility index (Phi) is 5.91. The van der Waals surface area contributed by atoms with Crippen LogP contribution in [0.3, 0.4) is 0 Å². The monoisotopic (exact) mass is 505 g/mol. The van der Waals surface area contributed by atoms with E-state index in [-0.39, 0.29) is 5.41 Å². The molecule has 3 aliphatic heterocycles. The Morgan fingerprint density at radius 3 is 2.16 bits per heavy atom. The van der Waals surface area contributed by atoms with Crippen LogP contribution in [-0.2, 0) is 18.3 Å². The molecule has 0 amide bonds. The zero-order valence-corrected chi connectivity index (χ0v) is 24.6. The van der Waals surface area contributed by atoms with E-state index in [1.165, 1.54) is 51.8 Å². The number of hydrogen-bond donors (Lipinski definition) is 0. The second-order valence-electron chi connectivity index (χ2n) is 14.3. The molecule has 2 heteroatoms. The molecule has 3 aliphatic rings. The van der Waals surface area contributed by atoms with Crippen LogP contribution >= 0.6 is 0 Å². The largest absolute Gasteiger partial charge is 0.370 e. The Labute approximate surface area is 230 Å². The standard InChI is InChI=1S/C36H45N2/c1-8-9-18-38-30-16-15-26-12-10-11-13-29(26)32(30)36(6,7)31(38)17-14-25-19-27-21-34(2,3)23-37-24-35(4,5)22-28(20-25)33(27)37/h10-17,19-20H,8-9,18,21-24H2,1-7H3/q+1. The molecule has 0 bridgehead atoms. The molecular formula is C36H45N2+. The molecule has 0 aliphatic carbocycles. The number of benzene rings is 3. The van der Waals surface area contributed by atoms with Crippen molar-refractivity contribution in [1.29, 1.82) is 0 Å². The average molecular weight is 506 g/mol. The first-order valence-electron chi connectivity index (χ1n) is 14.8. The Hall–Kier alpha value is -2.87. The van der Waals surface area contributed by atoms with Crippen molar-refractivity contribution in [2.45, 2.75) is 79.6 Å². The van der Waals surface area contributed by atoms with Gasteiger partial charge < -0.3 is 4.90 Å². The van der Waals surface area contributed by atoms with Crippen LogP contribution in [0.4, 0.5) is 11.4 Å². The zero-order valence-electron chi connectivity index (χ0n) is 24.6.